The van der Waals surface area contributed by atoms with Crippen LogP contribution >= 0.6 is 0 Å². The predicted molar refractivity (Wildman–Crippen MR) is 71.3 cm³/mol. The van der Waals surface area contributed by atoms with E-state index in [0.717, 1.165) is 26.2 Å². The Morgan fingerprint density at radius 3 is 2.35 bits per heavy atom. The van der Waals surface area contributed by atoms with Gasteiger partial charge in [-0.2, -0.15) is 0 Å². The van der Waals surface area contributed by atoms with Crippen LogP contribution in [0.2, 0.25) is 0 Å². The number of anilines is 1. The van der Waals surface area contributed by atoms with E-state index in [2.05, 4.69) is 55.0 Å². The van der Waals surface area contributed by atoms with Gasteiger partial charge in [-0.05, 0) is 38.6 Å². The fourth-order valence-corrected chi connectivity index (χ4v) is 2.34. The Kier molecular flexibility index (Phi) is 4.02. The number of hydrogen-bond acceptors (Lipinski definition) is 3. The highest BCUT2D eigenvalue weighted by atomic mass is 16.5. The van der Waals surface area contributed by atoms with E-state index in [-0.39, 0.29) is 6.23 Å². The molecule has 2 rings (SSSR count). The van der Waals surface area contributed by atoms with Crippen molar-refractivity contribution in [1.29, 1.82) is 0 Å². The molecular formula is C14H22N2O. The number of ether oxygens (including phenoxy) is 1. The van der Waals surface area contributed by atoms with Crippen molar-refractivity contribution in [3.05, 3.63) is 29.8 Å². The van der Waals surface area contributed by atoms with Gasteiger partial charge in [0.25, 0.3) is 0 Å². The molecule has 94 valence electrons. The Hall–Kier alpha value is -1.06. The molecule has 1 aromatic carbocycles. The van der Waals surface area contributed by atoms with Crippen molar-refractivity contribution in [2.75, 3.05) is 38.2 Å². The Labute approximate surface area is 104 Å². The SMILES string of the molecule is CCN(CC)c1ccc(C2OCCN2C)cc1. The van der Waals surface area contributed by atoms with Crippen molar-refractivity contribution in [2.24, 2.45) is 0 Å². The first-order chi connectivity index (χ1) is 8.26. The van der Waals surface area contributed by atoms with E-state index < -0.39 is 0 Å². The quantitative estimate of drug-likeness (QED) is 0.796. The standard InChI is InChI=1S/C14H22N2O/c1-4-16(5-2)13-8-6-12(7-9-13)14-15(3)10-11-17-14/h6-9,14H,4-5,10-11H2,1-3H3. The molecule has 0 bridgehead atoms. The Morgan fingerprint density at radius 2 is 1.88 bits per heavy atom. The van der Waals surface area contributed by atoms with Crippen LogP contribution in [0, 0.1) is 0 Å². The highest BCUT2D eigenvalue weighted by Gasteiger charge is 2.23. The lowest BCUT2D eigenvalue weighted by atomic mass is 10.1. The molecule has 0 aliphatic carbocycles. The summed E-state index contributed by atoms with van der Waals surface area (Å²) < 4.78 is 5.72. The monoisotopic (exact) mass is 234 g/mol. The van der Waals surface area contributed by atoms with Crippen LogP contribution in [0.15, 0.2) is 24.3 Å². The third kappa shape index (κ3) is 2.61. The highest BCUT2D eigenvalue weighted by molar-refractivity contribution is 5.47. The van der Waals surface area contributed by atoms with E-state index >= 15 is 0 Å². The van der Waals surface area contributed by atoms with Crippen molar-refractivity contribution >= 4 is 5.69 Å². The van der Waals surface area contributed by atoms with E-state index in [0.29, 0.717) is 0 Å². The average molecular weight is 234 g/mol. The minimum absolute atomic E-state index is 0.140. The molecule has 1 unspecified atom stereocenters. The van der Waals surface area contributed by atoms with Gasteiger partial charge in [0.2, 0.25) is 0 Å². The van der Waals surface area contributed by atoms with Gasteiger partial charge in [-0.3, -0.25) is 4.90 Å². The smallest absolute Gasteiger partial charge is 0.136 e. The van der Waals surface area contributed by atoms with E-state index in [4.69, 9.17) is 4.74 Å². The first-order valence-electron chi connectivity index (χ1n) is 6.43. The van der Waals surface area contributed by atoms with Crippen LogP contribution in [0.5, 0.6) is 0 Å². The third-order valence-corrected chi connectivity index (χ3v) is 3.43. The van der Waals surface area contributed by atoms with Gasteiger partial charge in [-0.1, -0.05) is 12.1 Å². The molecule has 1 aliphatic rings. The number of benzene rings is 1. The highest BCUT2D eigenvalue weighted by Crippen LogP contribution is 2.26. The largest absolute Gasteiger partial charge is 0.372 e. The summed E-state index contributed by atoms with van der Waals surface area (Å²) in [4.78, 5) is 4.59. The van der Waals surface area contributed by atoms with Gasteiger partial charge in [0.1, 0.15) is 6.23 Å². The summed E-state index contributed by atoms with van der Waals surface area (Å²) in [5.41, 5.74) is 2.54. The zero-order chi connectivity index (χ0) is 12.3. The maximum Gasteiger partial charge on any atom is 0.136 e. The van der Waals surface area contributed by atoms with Gasteiger partial charge in [0.05, 0.1) is 6.61 Å². The minimum Gasteiger partial charge on any atom is -0.372 e. The first-order valence-corrected chi connectivity index (χ1v) is 6.43. The molecule has 0 aromatic heterocycles. The van der Waals surface area contributed by atoms with Crippen LogP contribution in [-0.2, 0) is 4.74 Å². The Balaban J connectivity index is 2.12. The summed E-state index contributed by atoms with van der Waals surface area (Å²) in [6.45, 7) is 8.32. The number of rotatable bonds is 4. The van der Waals surface area contributed by atoms with E-state index in [1.54, 1.807) is 0 Å². The van der Waals surface area contributed by atoms with Crippen molar-refractivity contribution < 1.29 is 4.74 Å². The van der Waals surface area contributed by atoms with E-state index in [9.17, 15) is 0 Å². The lowest BCUT2D eigenvalue weighted by Gasteiger charge is -2.23. The molecule has 3 nitrogen and oxygen atoms in total. The molecule has 3 heteroatoms. The molecular weight excluding hydrogens is 212 g/mol. The van der Waals surface area contributed by atoms with Crippen LogP contribution < -0.4 is 4.90 Å². The van der Waals surface area contributed by atoms with Crippen molar-refractivity contribution in [3.63, 3.8) is 0 Å². The molecule has 0 spiro atoms. The van der Waals surface area contributed by atoms with Crippen molar-refractivity contribution in [2.45, 2.75) is 20.1 Å². The second kappa shape index (κ2) is 5.52. The van der Waals surface area contributed by atoms with Gasteiger partial charge in [-0.25, -0.2) is 0 Å². The maximum atomic E-state index is 5.72. The number of nitrogens with zero attached hydrogens (tertiary/aromatic N) is 2. The normalized spacial score (nSPS) is 20.8. The topological polar surface area (TPSA) is 15.7 Å². The van der Waals surface area contributed by atoms with Crippen molar-refractivity contribution in [3.8, 4) is 0 Å². The maximum absolute atomic E-state index is 5.72. The summed E-state index contributed by atoms with van der Waals surface area (Å²) in [6.07, 6.45) is 0.140. The van der Waals surface area contributed by atoms with E-state index in [1.807, 2.05) is 0 Å². The summed E-state index contributed by atoms with van der Waals surface area (Å²) in [5.74, 6) is 0. The van der Waals surface area contributed by atoms with Gasteiger partial charge in [-0.15, -0.1) is 0 Å². The Morgan fingerprint density at radius 1 is 1.24 bits per heavy atom. The van der Waals surface area contributed by atoms with Gasteiger partial charge in [0.15, 0.2) is 0 Å². The molecule has 0 saturated carbocycles. The zero-order valence-corrected chi connectivity index (χ0v) is 11.0. The molecule has 1 aliphatic heterocycles. The number of hydrogen-bond donors (Lipinski definition) is 0. The second-order valence-electron chi connectivity index (χ2n) is 4.47. The van der Waals surface area contributed by atoms with Crippen molar-refractivity contribution in [1.82, 2.24) is 4.90 Å². The molecule has 1 aromatic rings. The fourth-order valence-electron chi connectivity index (χ4n) is 2.34. The molecule has 0 radical (unpaired) electrons. The van der Waals surface area contributed by atoms with E-state index in [1.165, 1.54) is 11.3 Å². The van der Waals surface area contributed by atoms with Crippen LogP contribution in [0.25, 0.3) is 0 Å². The summed E-state index contributed by atoms with van der Waals surface area (Å²) in [6, 6.07) is 8.75. The lowest BCUT2D eigenvalue weighted by molar-refractivity contribution is 0.0454. The average Bonchev–Trinajstić information content (AvgIpc) is 2.78. The molecule has 1 atom stereocenters. The molecule has 1 heterocycles. The lowest BCUT2D eigenvalue weighted by Crippen LogP contribution is -2.22. The summed E-state index contributed by atoms with van der Waals surface area (Å²) >= 11 is 0. The zero-order valence-electron chi connectivity index (χ0n) is 11.0. The molecule has 0 N–H and O–H groups in total. The summed E-state index contributed by atoms with van der Waals surface area (Å²) in [5, 5.41) is 0. The Bertz CT molecular complexity index is 346. The second-order valence-corrected chi connectivity index (χ2v) is 4.47. The summed E-state index contributed by atoms with van der Waals surface area (Å²) in [7, 11) is 2.11. The predicted octanol–water partition coefficient (Wildman–Crippen LogP) is 2.49. The molecule has 1 fully saturated rings. The van der Waals surface area contributed by atoms with Crippen LogP contribution in [0.4, 0.5) is 5.69 Å². The van der Waals surface area contributed by atoms with Gasteiger partial charge in [0, 0.05) is 25.3 Å². The van der Waals surface area contributed by atoms with Crippen LogP contribution in [0.3, 0.4) is 0 Å². The fraction of sp³-hybridized carbons (Fsp3) is 0.571. The minimum atomic E-state index is 0.140. The van der Waals surface area contributed by atoms with Gasteiger partial charge < -0.3 is 9.64 Å². The van der Waals surface area contributed by atoms with Crippen LogP contribution in [-0.4, -0.2) is 38.2 Å². The molecule has 1 saturated heterocycles. The molecule has 0 amide bonds. The first kappa shape index (κ1) is 12.4. The third-order valence-electron chi connectivity index (χ3n) is 3.43. The number of likely N-dealkylation sites (N-methyl/N-ethyl adjacent to an activating group) is 1. The molecule has 17 heavy (non-hydrogen) atoms. The van der Waals surface area contributed by atoms with Crippen LogP contribution in [0.1, 0.15) is 25.6 Å². The van der Waals surface area contributed by atoms with Gasteiger partial charge >= 0.3 is 0 Å².